The summed E-state index contributed by atoms with van der Waals surface area (Å²) in [7, 11) is 1.59. The van der Waals surface area contributed by atoms with Crippen LogP contribution in [0.3, 0.4) is 0 Å². The summed E-state index contributed by atoms with van der Waals surface area (Å²) < 4.78 is 39.1. The first-order valence-corrected chi connectivity index (χ1v) is 7.86. The molecule has 3 rings (SSSR count). The number of carbonyl (C=O) groups is 1. The quantitative estimate of drug-likeness (QED) is 0.477. The van der Waals surface area contributed by atoms with Crippen molar-refractivity contribution in [3.05, 3.63) is 66.2 Å². The monoisotopic (exact) mass is 358 g/mol. The number of halogens is 2. The zero-order valence-electron chi connectivity index (χ0n) is 13.9. The van der Waals surface area contributed by atoms with Crippen LogP contribution in [-0.4, -0.2) is 19.7 Å². The Kier molecular flexibility index (Phi) is 5.31. The summed E-state index contributed by atoms with van der Waals surface area (Å²) in [5, 5.41) is 1.89. The van der Waals surface area contributed by atoms with Crippen LogP contribution in [0.2, 0.25) is 0 Å². The van der Waals surface area contributed by atoms with Crippen LogP contribution < -0.4 is 14.2 Å². The Morgan fingerprint density at radius 3 is 2.15 bits per heavy atom. The molecule has 0 aliphatic carbocycles. The highest BCUT2D eigenvalue weighted by Crippen LogP contribution is 2.25. The number of benzene rings is 3. The summed E-state index contributed by atoms with van der Waals surface area (Å²) in [4.78, 5) is 12.1. The molecule has 0 saturated carbocycles. The molecule has 0 radical (unpaired) electrons. The van der Waals surface area contributed by atoms with E-state index in [0.29, 0.717) is 17.1 Å². The molecule has 0 heterocycles. The van der Waals surface area contributed by atoms with Crippen molar-refractivity contribution in [1.82, 2.24) is 0 Å². The molecule has 26 heavy (non-hydrogen) atoms. The standard InChI is InChI=1S/C20H16F2O4/c1-24-17-8-4-14-5-9-18(12-15(14)11-17)25-19(23)10-13-2-6-16(7-3-13)26-20(21)22/h2-9,11-12,20H,10H2,1H3. The Morgan fingerprint density at radius 1 is 0.885 bits per heavy atom. The van der Waals surface area contributed by atoms with Gasteiger partial charge in [0.15, 0.2) is 0 Å². The number of alkyl halides is 2. The summed E-state index contributed by atoms with van der Waals surface area (Å²) in [5.74, 6) is 0.732. The third-order valence-corrected chi connectivity index (χ3v) is 3.75. The van der Waals surface area contributed by atoms with Crippen LogP contribution in [0.15, 0.2) is 60.7 Å². The first-order valence-electron chi connectivity index (χ1n) is 7.86. The van der Waals surface area contributed by atoms with Gasteiger partial charge >= 0.3 is 12.6 Å². The highest BCUT2D eigenvalue weighted by molar-refractivity contribution is 5.86. The zero-order valence-corrected chi connectivity index (χ0v) is 13.9. The minimum absolute atomic E-state index is 0.0190. The normalized spacial score (nSPS) is 10.8. The third kappa shape index (κ3) is 4.47. The Morgan fingerprint density at radius 2 is 1.50 bits per heavy atom. The van der Waals surface area contributed by atoms with Crippen molar-refractivity contribution in [2.45, 2.75) is 13.0 Å². The third-order valence-electron chi connectivity index (χ3n) is 3.75. The molecule has 0 fully saturated rings. The van der Waals surface area contributed by atoms with Gasteiger partial charge in [-0.1, -0.05) is 24.3 Å². The first kappa shape index (κ1) is 17.7. The summed E-state index contributed by atoms with van der Waals surface area (Å²) in [5.41, 5.74) is 0.638. The fraction of sp³-hybridized carbons (Fsp3) is 0.150. The van der Waals surface area contributed by atoms with Crippen molar-refractivity contribution in [3.63, 3.8) is 0 Å². The lowest BCUT2D eigenvalue weighted by Crippen LogP contribution is -2.11. The summed E-state index contributed by atoms with van der Waals surface area (Å²) in [6, 6.07) is 16.8. The van der Waals surface area contributed by atoms with Crippen LogP contribution in [0.4, 0.5) is 8.78 Å². The van der Waals surface area contributed by atoms with E-state index in [1.54, 1.807) is 31.4 Å². The summed E-state index contributed by atoms with van der Waals surface area (Å²) in [6.07, 6.45) is 0.0190. The predicted molar refractivity (Wildman–Crippen MR) is 92.9 cm³/mol. The van der Waals surface area contributed by atoms with Gasteiger partial charge in [0.1, 0.15) is 17.2 Å². The van der Waals surface area contributed by atoms with E-state index in [1.165, 1.54) is 12.1 Å². The molecule has 3 aromatic rings. The number of carbonyl (C=O) groups excluding carboxylic acids is 1. The van der Waals surface area contributed by atoms with Gasteiger partial charge in [-0.3, -0.25) is 4.79 Å². The lowest BCUT2D eigenvalue weighted by Gasteiger charge is -2.08. The fourth-order valence-electron chi connectivity index (χ4n) is 2.52. The number of hydrogen-bond donors (Lipinski definition) is 0. The summed E-state index contributed by atoms with van der Waals surface area (Å²) >= 11 is 0. The molecule has 0 amide bonds. The molecular formula is C20H16F2O4. The van der Waals surface area contributed by atoms with Gasteiger partial charge < -0.3 is 14.2 Å². The molecular weight excluding hydrogens is 342 g/mol. The van der Waals surface area contributed by atoms with Crippen molar-refractivity contribution in [3.8, 4) is 17.2 Å². The van der Waals surface area contributed by atoms with Crippen LogP contribution >= 0.6 is 0 Å². The SMILES string of the molecule is COc1ccc2ccc(OC(=O)Cc3ccc(OC(F)F)cc3)cc2c1. The largest absolute Gasteiger partial charge is 0.497 e. The van der Waals surface area contributed by atoms with Gasteiger partial charge in [-0.2, -0.15) is 8.78 Å². The number of hydrogen-bond acceptors (Lipinski definition) is 4. The number of ether oxygens (including phenoxy) is 3. The number of rotatable bonds is 6. The topological polar surface area (TPSA) is 44.8 Å². The Labute approximate surface area is 148 Å². The van der Waals surface area contributed by atoms with E-state index in [-0.39, 0.29) is 12.2 Å². The van der Waals surface area contributed by atoms with Crippen molar-refractivity contribution < 1.29 is 27.8 Å². The first-order chi connectivity index (χ1) is 12.5. The predicted octanol–water partition coefficient (Wildman–Crippen LogP) is 4.60. The molecule has 0 bridgehead atoms. The number of methoxy groups -OCH3 is 1. The van der Waals surface area contributed by atoms with Gasteiger partial charge in [0.05, 0.1) is 13.5 Å². The van der Waals surface area contributed by atoms with Gasteiger partial charge in [0.25, 0.3) is 0 Å². The van der Waals surface area contributed by atoms with E-state index >= 15 is 0 Å². The van der Waals surface area contributed by atoms with Crippen LogP contribution in [-0.2, 0) is 11.2 Å². The van der Waals surface area contributed by atoms with Gasteiger partial charge in [0, 0.05) is 0 Å². The van der Waals surface area contributed by atoms with E-state index < -0.39 is 12.6 Å². The van der Waals surface area contributed by atoms with Crippen molar-refractivity contribution in [1.29, 1.82) is 0 Å². The van der Waals surface area contributed by atoms with Crippen LogP contribution in [0.1, 0.15) is 5.56 Å². The van der Waals surface area contributed by atoms with Crippen molar-refractivity contribution in [2.24, 2.45) is 0 Å². The zero-order chi connectivity index (χ0) is 18.5. The molecule has 0 spiro atoms. The Balaban J connectivity index is 1.66. The maximum atomic E-state index is 12.1. The second kappa shape index (κ2) is 7.82. The Hall–Kier alpha value is -3.15. The molecule has 3 aromatic carbocycles. The number of esters is 1. The van der Waals surface area contributed by atoms with Crippen LogP contribution in [0.25, 0.3) is 10.8 Å². The molecule has 4 nitrogen and oxygen atoms in total. The second-order valence-electron chi connectivity index (χ2n) is 5.55. The van der Waals surface area contributed by atoms with Crippen molar-refractivity contribution >= 4 is 16.7 Å². The smallest absolute Gasteiger partial charge is 0.387 e. The van der Waals surface area contributed by atoms with Crippen molar-refractivity contribution in [2.75, 3.05) is 7.11 Å². The summed E-state index contributed by atoms with van der Waals surface area (Å²) in [6.45, 7) is -2.88. The molecule has 134 valence electrons. The molecule has 6 heteroatoms. The minimum atomic E-state index is -2.88. The molecule has 0 aliphatic rings. The van der Waals surface area contributed by atoms with Crippen LogP contribution in [0, 0.1) is 0 Å². The molecule has 0 saturated heterocycles. The van der Waals surface area contributed by atoms with E-state index in [0.717, 1.165) is 10.8 Å². The highest BCUT2D eigenvalue weighted by Gasteiger charge is 2.09. The van der Waals surface area contributed by atoms with E-state index in [9.17, 15) is 13.6 Å². The minimum Gasteiger partial charge on any atom is -0.497 e. The van der Waals surface area contributed by atoms with E-state index in [4.69, 9.17) is 9.47 Å². The molecule has 0 N–H and O–H groups in total. The second-order valence-corrected chi connectivity index (χ2v) is 5.55. The van der Waals surface area contributed by atoms with E-state index in [1.807, 2.05) is 24.3 Å². The van der Waals surface area contributed by atoms with Gasteiger partial charge in [-0.25, -0.2) is 0 Å². The van der Waals surface area contributed by atoms with Crippen LogP contribution in [0.5, 0.6) is 17.2 Å². The van der Waals surface area contributed by atoms with Gasteiger partial charge in [-0.15, -0.1) is 0 Å². The van der Waals surface area contributed by atoms with E-state index in [2.05, 4.69) is 4.74 Å². The average Bonchev–Trinajstić information content (AvgIpc) is 2.62. The molecule has 0 atom stereocenters. The maximum absolute atomic E-state index is 12.1. The molecule has 0 aliphatic heterocycles. The molecule has 0 unspecified atom stereocenters. The van der Waals surface area contributed by atoms with Gasteiger partial charge in [0.2, 0.25) is 0 Å². The lowest BCUT2D eigenvalue weighted by atomic mass is 10.1. The highest BCUT2D eigenvalue weighted by atomic mass is 19.3. The Bertz CT molecular complexity index is 907. The average molecular weight is 358 g/mol. The lowest BCUT2D eigenvalue weighted by molar-refractivity contribution is -0.133. The van der Waals surface area contributed by atoms with Gasteiger partial charge in [-0.05, 0) is 52.7 Å². The molecule has 0 aromatic heterocycles. The fourth-order valence-corrected chi connectivity index (χ4v) is 2.52. The number of fused-ring (bicyclic) bond motifs is 1. The maximum Gasteiger partial charge on any atom is 0.387 e.